The minimum atomic E-state index is -0.0673. The normalized spacial score (nSPS) is 21.4. The minimum absolute atomic E-state index is 0.0673. The van der Waals surface area contributed by atoms with Crippen molar-refractivity contribution in [2.24, 2.45) is 10.7 Å². The topological polar surface area (TPSA) is 79.9 Å². The molecule has 25 heavy (non-hydrogen) atoms. The molecule has 0 aliphatic carbocycles. The van der Waals surface area contributed by atoms with Gasteiger partial charge in [0.25, 0.3) is 5.91 Å². The fourth-order valence-electron chi connectivity index (χ4n) is 2.99. The van der Waals surface area contributed by atoms with Gasteiger partial charge >= 0.3 is 0 Å². The fourth-order valence-corrected chi connectivity index (χ4v) is 3.89. The molecule has 0 bridgehead atoms. The van der Waals surface area contributed by atoms with Gasteiger partial charge in [0.1, 0.15) is 0 Å². The number of hydrogen-bond donors (Lipinski definition) is 2. The van der Waals surface area contributed by atoms with Crippen LogP contribution in [0.3, 0.4) is 0 Å². The molecule has 1 aromatic carbocycles. The SMILES string of the molecule is NC(=NCc1cccc(C(=O)NCC2CCCO2)c1)N1CCSCC1. The first kappa shape index (κ1) is 18.1. The summed E-state index contributed by atoms with van der Waals surface area (Å²) in [7, 11) is 0. The molecule has 1 unspecified atom stereocenters. The molecule has 7 heteroatoms. The summed E-state index contributed by atoms with van der Waals surface area (Å²) in [5.74, 6) is 2.71. The van der Waals surface area contributed by atoms with Crippen LogP contribution < -0.4 is 11.1 Å². The van der Waals surface area contributed by atoms with Crippen molar-refractivity contribution < 1.29 is 9.53 Å². The number of guanidine groups is 1. The van der Waals surface area contributed by atoms with Gasteiger partial charge in [-0.25, -0.2) is 4.99 Å². The molecule has 1 atom stereocenters. The molecular weight excluding hydrogens is 336 g/mol. The molecule has 0 aromatic heterocycles. The third-order valence-corrected chi connectivity index (χ3v) is 5.40. The van der Waals surface area contributed by atoms with Crippen LogP contribution in [-0.2, 0) is 11.3 Å². The summed E-state index contributed by atoms with van der Waals surface area (Å²) in [6.07, 6.45) is 2.24. The number of thioether (sulfide) groups is 1. The second-order valence-electron chi connectivity index (χ2n) is 6.32. The van der Waals surface area contributed by atoms with Gasteiger partial charge in [0, 0.05) is 43.3 Å². The van der Waals surface area contributed by atoms with E-state index in [-0.39, 0.29) is 12.0 Å². The van der Waals surface area contributed by atoms with E-state index >= 15 is 0 Å². The van der Waals surface area contributed by atoms with Crippen LogP contribution in [0.25, 0.3) is 0 Å². The molecule has 1 amide bonds. The summed E-state index contributed by atoms with van der Waals surface area (Å²) >= 11 is 1.94. The number of amides is 1. The van der Waals surface area contributed by atoms with Crippen molar-refractivity contribution in [3.05, 3.63) is 35.4 Å². The number of nitrogens with one attached hydrogen (secondary N) is 1. The second-order valence-corrected chi connectivity index (χ2v) is 7.54. The van der Waals surface area contributed by atoms with Crippen LogP contribution in [0.15, 0.2) is 29.3 Å². The Hall–Kier alpha value is -1.73. The van der Waals surface area contributed by atoms with Gasteiger partial charge in [0.2, 0.25) is 0 Å². The van der Waals surface area contributed by atoms with E-state index in [2.05, 4.69) is 15.2 Å². The van der Waals surface area contributed by atoms with E-state index in [0.29, 0.717) is 24.6 Å². The van der Waals surface area contributed by atoms with Crippen molar-refractivity contribution in [1.82, 2.24) is 10.2 Å². The predicted molar refractivity (Wildman–Crippen MR) is 102 cm³/mol. The number of hydrogen-bond acceptors (Lipinski definition) is 4. The van der Waals surface area contributed by atoms with E-state index in [1.165, 1.54) is 0 Å². The average Bonchev–Trinajstić information content (AvgIpc) is 3.19. The first-order valence-corrected chi connectivity index (χ1v) is 9.99. The summed E-state index contributed by atoms with van der Waals surface area (Å²) in [5.41, 5.74) is 7.72. The molecule has 2 aliphatic rings. The predicted octanol–water partition coefficient (Wildman–Crippen LogP) is 1.46. The lowest BCUT2D eigenvalue weighted by atomic mass is 10.1. The third kappa shape index (κ3) is 5.37. The van der Waals surface area contributed by atoms with Gasteiger partial charge in [0.15, 0.2) is 5.96 Å². The molecule has 0 saturated carbocycles. The number of carbonyl (C=O) groups is 1. The van der Waals surface area contributed by atoms with Gasteiger partial charge in [-0.1, -0.05) is 12.1 Å². The Balaban J connectivity index is 1.54. The highest BCUT2D eigenvalue weighted by Crippen LogP contribution is 2.12. The monoisotopic (exact) mass is 362 g/mol. The van der Waals surface area contributed by atoms with E-state index in [1.54, 1.807) is 0 Å². The lowest BCUT2D eigenvalue weighted by Crippen LogP contribution is -2.42. The highest BCUT2D eigenvalue weighted by Gasteiger charge is 2.17. The Morgan fingerprint density at radius 1 is 1.40 bits per heavy atom. The van der Waals surface area contributed by atoms with E-state index < -0.39 is 0 Å². The summed E-state index contributed by atoms with van der Waals surface area (Å²) in [6, 6.07) is 7.57. The van der Waals surface area contributed by atoms with Crippen molar-refractivity contribution in [2.45, 2.75) is 25.5 Å². The fraction of sp³-hybridized carbons (Fsp3) is 0.556. The van der Waals surface area contributed by atoms with Gasteiger partial charge < -0.3 is 20.7 Å². The van der Waals surface area contributed by atoms with Gasteiger partial charge in [-0.3, -0.25) is 4.79 Å². The smallest absolute Gasteiger partial charge is 0.251 e. The number of ether oxygens (including phenoxy) is 1. The van der Waals surface area contributed by atoms with Crippen LogP contribution in [0.5, 0.6) is 0 Å². The van der Waals surface area contributed by atoms with Crippen LogP contribution in [0.2, 0.25) is 0 Å². The molecule has 2 heterocycles. The van der Waals surface area contributed by atoms with Crippen LogP contribution in [0, 0.1) is 0 Å². The number of benzene rings is 1. The van der Waals surface area contributed by atoms with Crippen molar-refractivity contribution in [3.63, 3.8) is 0 Å². The zero-order chi connectivity index (χ0) is 17.5. The molecule has 0 spiro atoms. The van der Waals surface area contributed by atoms with Gasteiger partial charge in [-0.15, -0.1) is 0 Å². The second kappa shape index (κ2) is 9.10. The van der Waals surface area contributed by atoms with Crippen molar-refractivity contribution in [2.75, 3.05) is 37.7 Å². The number of nitrogens with zero attached hydrogens (tertiary/aromatic N) is 2. The minimum Gasteiger partial charge on any atom is -0.376 e. The highest BCUT2D eigenvalue weighted by molar-refractivity contribution is 7.99. The number of carbonyl (C=O) groups excluding carboxylic acids is 1. The zero-order valence-corrected chi connectivity index (χ0v) is 15.3. The van der Waals surface area contributed by atoms with E-state index in [0.717, 1.165) is 49.6 Å². The first-order valence-electron chi connectivity index (χ1n) is 8.84. The molecule has 2 saturated heterocycles. The number of rotatable bonds is 5. The molecule has 2 fully saturated rings. The Labute approximate surface area is 153 Å². The Bertz CT molecular complexity index is 611. The maximum Gasteiger partial charge on any atom is 0.251 e. The molecule has 0 radical (unpaired) electrons. The quantitative estimate of drug-likeness (QED) is 0.612. The lowest BCUT2D eigenvalue weighted by molar-refractivity contribution is 0.0857. The maximum absolute atomic E-state index is 12.3. The highest BCUT2D eigenvalue weighted by atomic mass is 32.2. The Kier molecular flexibility index (Phi) is 6.58. The molecular formula is C18H26N4O2S. The van der Waals surface area contributed by atoms with Crippen LogP contribution >= 0.6 is 11.8 Å². The standard InChI is InChI=1S/C18H26N4O2S/c19-18(22-6-9-25-10-7-22)21-12-14-3-1-4-15(11-14)17(23)20-13-16-5-2-8-24-16/h1,3-4,11,16H,2,5-10,12-13H2,(H2,19,21)(H,20,23). The van der Waals surface area contributed by atoms with Crippen molar-refractivity contribution >= 4 is 23.6 Å². The van der Waals surface area contributed by atoms with Gasteiger partial charge in [-0.05, 0) is 30.5 Å². The Morgan fingerprint density at radius 2 is 2.24 bits per heavy atom. The maximum atomic E-state index is 12.3. The van der Waals surface area contributed by atoms with Crippen LogP contribution in [-0.4, -0.2) is 60.6 Å². The van der Waals surface area contributed by atoms with Crippen molar-refractivity contribution in [1.29, 1.82) is 0 Å². The first-order chi connectivity index (χ1) is 12.2. The molecule has 2 aliphatic heterocycles. The van der Waals surface area contributed by atoms with Crippen LogP contribution in [0.4, 0.5) is 0 Å². The average molecular weight is 362 g/mol. The van der Waals surface area contributed by atoms with E-state index in [1.807, 2.05) is 36.0 Å². The molecule has 3 N–H and O–H groups in total. The largest absolute Gasteiger partial charge is 0.376 e. The van der Waals surface area contributed by atoms with Crippen molar-refractivity contribution in [3.8, 4) is 0 Å². The Morgan fingerprint density at radius 3 is 3.00 bits per heavy atom. The molecule has 1 aromatic rings. The summed E-state index contributed by atoms with van der Waals surface area (Å²) in [6.45, 7) is 3.76. The molecule has 3 rings (SSSR count). The zero-order valence-electron chi connectivity index (χ0n) is 14.4. The van der Waals surface area contributed by atoms with E-state index in [4.69, 9.17) is 10.5 Å². The summed E-state index contributed by atoms with van der Waals surface area (Å²) in [5, 5.41) is 2.95. The van der Waals surface area contributed by atoms with E-state index in [9.17, 15) is 4.79 Å². The molecule has 6 nitrogen and oxygen atoms in total. The third-order valence-electron chi connectivity index (χ3n) is 4.46. The lowest BCUT2D eigenvalue weighted by Gasteiger charge is -2.27. The summed E-state index contributed by atoms with van der Waals surface area (Å²) in [4.78, 5) is 18.9. The van der Waals surface area contributed by atoms with Crippen LogP contribution in [0.1, 0.15) is 28.8 Å². The summed E-state index contributed by atoms with van der Waals surface area (Å²) < 4.78 is 5.53. The number of aliphatic imine (C=N–C) groups is 1. The number of nitrogens with two attached hydrogens (primary N) is 1. The van der Waals surface area contributed by atoms with Gasteiger partial charge in [-0.2, -0.15) is 11.8 Å². The molecule has 136 valence electrons. The van der Waals surface area contributed by atoms with Gasteiger partial charge in [0.05, 0.1) is 12.6 Å².